The summed E-state index contributed by atoms with van der Waals surface area (Å²) in [6.07, 6.45) is 12.5. The Labute approximate surface area is 132 Å². The third kappa shape index (κ3) is 5.56. The van der Waals surface area contributed by atoms with Gasteiger partial charge in [0.2, 0.25) is 25.8 Å². The fourth-order valence-corrected chi connectivity index (χ4v) is 1.72. The normalized spacial score (nSPS) is 12.2. The summed E-state index contributed by atoms with van der Waals surface area (Å²) in [5.41, 5.74) is 1.75. The molecule has 0 aliphatic rings. The Morgan fingerprint density at radius 2 is 1.27 bits per heavy atom. The van der Waals surface area contributed by atoms with Crippen LogP contribution < -0.4 is 9.47 Å². The maximum absolute atomic E-state index is 5.41. The van der Waals surface area contributed by atoms with E-state index in [9.17, 15) is 0 Å². The van der Waals surface area contributed by atoms with Crippen molar-refractivity contribution in [2.45, 2.75) is 13.8 Å². The molecule has 0 heterocycles. The number of rotatable bonds is 8. The number of allylic oxidation sites excluding steroid dienone is 2. The van der Waals surface area contributed by atoms with E-state index in [-0.39, 0.29) is 0 Å². The predicted octanol–water partition coefficient (Wildman–Crippen LogP) is 3.06. The first kappa shape index (κ1) is 17.7. The highest BCUT2D eigenvalue weighted by Gasteiger charge is 2.02. The lowest BCUT2D eigenvalue weighted by Crippen LogP contribution is -1.93. The summed E-state index contributed by atoms with van der Waals surface area (Å²) in [5, 5.41) is 0. The first-order valence-corrected chi connectivity index (χ1v) is 7.10. The fourth-order valence-electron chi connectivity index (χ4n) is 1.72. The van der Waals surface area contributed by atoms with Gasteiger partial charge in [0.25, 0.3) is 0 Å². The van der Waals surface area contributed by atoms with Crippen molar-refractivity contribution in [3.63, 3.8) is 0 Å². The third-order valence-corrected chi connectivity index (χ3v) is 2.70. The zero-order chi connectivity index (χ0) is 16.2. The van der Waals surface area contributed by atoms with Crippen LogP contribution in [0.4, 0.5) is 0 Å². The molecule has 0 aliphatic heterocycles. The van der Waals surface area contributed by atoms with Crippen molar-refractivity contribution in [3.05, 3.63) is 35.4 Å². The van der Waals surface area contributed by atoms with E-state index in [1.165, 1.54) is 0 Å². The van der Waals surface area contributed by atoms with Gasteiger partial charge in [-0.15, -0.1) is 12.2 Å². The topological polar surface area (TPSA) is 41.1 Å². The number of hydrogen-bond acceptors (Lipinski definition) is 2. The van der Waals surface area contributed by atoms with Crippen molar-refractivity contribution in [1.82, 2.24) is 0 Å². The second kappa shape index (κ2) is 10.4. The lowest BCUT2D eigenvalue weighted by atomic mass is 10.1. The number of methoxy groups -OCH3 is 2. The van der Waals surface area contributed by atoms with Crippen LogP contribution in [0, 0.1) is 0 Å². The molecular weight excluding hydrogens is 280 g/mol. The lowest BCUT2D eigenvalue weighted by molar-refractivity contribution is 0.124. The molecule has 118 valence electrons. The number of carbonyl (C=O) groups excluding carboxylic acids is 2. The summed E-state index contributed by atoms with van der Waals surface area (Å²) in [4.78, 5) is 0. The zero-order valence-corrected chi connectivity index (χ0v) is 13.5. The Kier molecular flexibility index (Phi) is 8.35. The van der Waals surface area contributed by atoms with Crippen LogP contribution in [0.1, 0.15) is 25.0 Å². The maximum atomic E-state index is 5.41. The van der Waals surface area contributed by atoms with E-state index < -0.39 is 0 Å². The quantitative estimate of drug-likeness (QED) is 0.421. The van der Waals surface area contributed by atoms with Gasteiger partial charge >= 0.3 is 0 Å². The monoisotopic (exact) mass is 302 g/mol. The van der Waals surface area contributed by atoms with Gasteiger partial charge in [-0.3, -0.25) is 0 Å². The maximum Gasteiger partial charge on any atom is 0.236 e. The molecule has 1 aromatic carbocycles. The van der Waals surface area contributed by atoms with Crippen molar-refractivity contribution >= 4 is 24.7 Å². The van der Waals surface area contributed by atoms with Crippen LogP contribution in [-0.4, -0.2) is 40.0 Å². The van der Waals surface area contributed by atoms with Gasteiger partial charge in [-0.25, -0.2) is 0 Å². The summed E-state index contributed by atoms with van der Waals surface area (Å²) in [6.45, 7) is 4.98. The van der Waals surface area contributed by atoms with Gasteiger partial charge in [0, 0.05) is 13.8 Å². The molecule has 0 bridgehead atoms. The molecule has 22 heavy (non-hydrogen) atoms. The van der Waals surface area contributed by atoms with E-state index in [1.807, 2.05) is 38.1 Å². The molecule has 0 spiro atoms. The largest absolute Gasteiger partial charge is 0.498 e. The van der Waals surface area contributed by atoms with Crippen molar-refractivity contribution in [3.8, 4) is 11.5 Å². The number of hydrogen-bond donors (Lipinski definition) is 0. The van der Waals surface area contributed by atoms with Crippen LogP contribution in [0.3, 0.4) is 0 Å². The molecule has 0 N–H and O–H groups in total. The highest BCUT2D eigenvalue weighted by atomic mass is 16.5. The van der Waals surface area contributed by atoms with Gasteiger partial charge in [-0.2, -0.15) is 12.2 Å². The van der Waals surface area contributed by atoms with Crippen molar-refractivity contribution in [1.29, 1.82) is 0 Å². The molecule has 0 atom stereocenters. The molecule has 1 aromatic rings. The van der Waals surface area contributed by atoms with Crippen molar-refractivity contribution in [2.75, 3.05) is 27.4 Å². The molecule has 0 radical (unpaired) electrons. The highest BCUT2D eigenvalue weighted by molar-refractivity contribution is 5.80. The summed E-state index contributed by atoms with van der Waals surface area (Å²) in [6, 6.07) is 3.78. The molecule has 0 fully saturated rings. The Morgan fingerprint density at radius 3 is 1.59 bits per heavy atom. The molecule has 1 rings (SSSR count). The van der Waals surface area contributed by atoms with Crippen LogP contribution in [-0.2, 0) is 8.85 Å². The van der Waals surface area contributed by atoms with Crippen molar-refractivity contribution in [2.24, 2.45) is 0 Å². The van der Waals surface area contributed by atoms with E-state index in [0.717, 1.165) is 22.6 Å². The van der Waals surface area contributed by atoms with Crippen molar-refractivity contribution < 1.29 is 18.3 Å². The molecule has 0 unspecified atom stereocenters. The summed E-state index contributed by atoms with van der Waals surface area (Å²) in [5.74, 6) is 1.46. The second-order valence-corrected chi connectivity index (χ2v) is 4.10. The first-order valence-electron chi connectivity index (χ1n) is 7.10. The van der Waals surface area contributed by atoms with E-state index >= 15 is 0 Å². The smallest absolute Gasteiger partial charge is 0.236 e. The third-order valence-electron chi connectivity index (χ3n) is 2.70. The van der Waals surface area contributed by atoms with Crippen LogP contribution in [0.15, 0.2) is 24.3 Å². The Hall–Kier alpha value is -2.36. The van der Waals surface area contributed by atoms with Crippen LogP contribution in [0.5, 0.6) is 11.5 Å². The fraction of sp³-hybridized carbons (Fsp3) is 0.333. The number of ether oxygens (including phenoxy) is 2. The molecule has 4 heteroatoms. The zero-order valence-electron chi connectivity index (χ0n) is 13.5. The van der Waals surface area contributed by atoms with E-state index in [1.54, 1.807) is 26.4 Å². The minimum atomic E-state index is 0.585. The Balaban J connectivity index is 3.11. The summed E-state index contributed by atoms with van der Waals surface area (Å²) >= 11 is 0. The summed E-state index contributed by atoms with van der Waals surface area (Å²) in [7, 11) is 3.25. The molecule has 0 saturated carbocycles. The second-order valence-electron chi connectivity index (χ2n) is 4.10. The van der Waals surface area contributed by atoms with E-state index in [2.05, 4.69) is 12.6 Å². The standard InChI is InChI=1S/C18H22O4/c1-5-21-11-7-9-15-13-18(20-4)16(14-17(15)19-3)10-8-12-22-6-2/h7-10,13-14H,5-6H2,1-4H3/b9-7+,10-8+. The number of benzene rings is 1. The first-order chi connectivity index (χ1) is 10.8. The minimum Gasteiger partial charge on any atom is -0.498 e. The average Bonchev–Trinajstić information content (AvgIpc) is 2.55. The highest BCUT2D eigenvalue weighted by Crippen LogP contribution is 2.30. The minimum absolute atomic E-state index is 0.585. The molecule has 4 nitrogen and oxygen atoms in total. The predicted molar refractivity (Wildman–Crippen MR) is 90.1 cm³/mol. The molecular formula is C18H22O4. The molecule has 0 saturated heterocycles. The molecule has 0 aromatic heterocycles. The van der Waals surface area contributed by atoms with E-state index in [4.69, 9.17) is 18.3 Å². The molecule has 0 aliphatic carbocycles. The molecule has 0 amide bonds. The van der Waals surface area contributed by atoms with Gasteiger partial charge in [0.05, 0.1) is 14.2 Å². The lowest BCUT2D eigenvalue weighted by Gasteiger charge is -2.15. The Bertz CT molecular complexity index is 517. The van der Waals surface area contributed by atoms with Gasteiger partial charge in [-0.1, -0.05) is 11.1 Å². The Morgan fingerprint density at radius 1 is 0.864 bits per heavy atom. The van der Waals surface area contributed by atoms with Crippen LogP contribution in [0.25, 0.3) is 12.2 Å². The average molecular weight is 302 g/mol. The van der Waals surface area contributed by atoms with Crippen LogP contribution in [0.2, 0.25) is 0 Å². The van der Waals surface area contributed by atoms with Gasteiger partial charge < -0.3 is 18.3 Å². The van der Waals surface area contributed by atoms with Gasteiger partial charge in [0.15, 0.2) is 0 Å². The van der Waals surface area contributed by atoms with E-state index in [0.29, 0.717) is 13.2 Å². The SMILES string of the molecule is CC[O+]=[C-]/C=C/c1cc(OC)c(/C=C/[C-]=[O+]CC)cc1OC. The van der Waals surface area contributed by atoms with Crippen LogP contribution >= 0.6 is 0 Å². The summed E-state index contributed by atoms with van der Waals surface area (Å²) < 4.78 is 20.9. The van der Waals surface area contributed by atoms with Gasteiger partial charge in [0.1, 0.15) is 11.5 Å². The van der Waals surface area contributed by atoms with Gasteiger partial charge in [-0.05, 0) is 12.1 Å².